The number of aliphatic hydroxyl groups excluding tert-OH is 1. The molecule has 2 aliphatic rings. The Morgan fingerprint density at radius 3 is 2.03 bits per heavy atom. The molecule has 2 aliphatic heterocycles. The van der Waals surface area contributed by atoms with Gasteiger partial charge in [-0.3, -0.25) is 25.1 Å². The molecule has 2 aromatic carbocycles. The largest absolute Gasteiger partial charge is 0.457 e. The third-order valence-corrected chi connectivity index (χ3v) is 5.84. The molecule has 0 aliphatic carbocycles. The molecule has 9 nitrogen and oxygen atoms in total. The summed E-state index contributed by atoms with van der Waals surface area (Å²) in [6, 6.07) is 15.3. The summed E-state index contributed by atoms with van der Waals surface area (Å²) in [6.45, 7) is 3.08. The lowest BCUT2D eigenvalue weighted by Gasteiger charge is -2.46. The number of piperazine rings is 1. The van der Waals surface area contributed by atoms with Crippen molar-refractivity contribution in [2.24, 2.45) is 0 Å². The zero-order chi connectivity index (χ0) is 22.6. The van der Waals surface area contributed by atoms with Gasteiger partial charge in [0.15, 0.2) is 0 Å². The van der Waals surface area contributed by atoms with Crippen molar-refractivity contribution in [2.75, 3.05) is 39.3 Å². The normalized spacial score (nSPS) is 19.3. The number of ether oxygens (including phenoxy) is 1. The van der Waals surface area contributed by atoms with Crippen LogP contribution in [0.3, 0.4) is 0 Å². The van der Waals surface area contributed by atoms with Gasteiger partial charge in [0.25, 0.3) is 11.8 Å². The highest BCUT2D eigenvalue weighted by molar-refractivity contribution is 6.22. The van der Waals surface area contributed by atoms with Crippen LogP contribution in [0.15, 0.2) is 54.6 Å². The summed E-state index contributed by atoms with van der Waals surface area (Å²) >= 11 is 0. The maximum absolute atomic E-state index is 13.2. The van der Waals surface area contributed by atoms with Gasteiger partial charge in [0, 0.05) is 39.3 Å². The monoisotopic (exact) mass is 438 g/mol. The maximum Gasteiger partial charge on any atom is 0.328 e. The first-order valence-corrected chi connectivity index (χ1v) is 10.6. The number of hydrogen-bond acceptors (Lipinski definition) is 7. The Balaban J connectivity index is 1.61. The highest BCUT2D eigenvalue weighted by Crippen LogP contribution is 2.34. The third-order valence-electron chi connectivity index (χ3n) is 5.84. The molecule has 3 N–H and O–H groups in total. The second kappa shape index (κ2) is 9.47. The zero-order valence-corrected chi connectivity index (χ0v) is 17.6. The van der Waals surface area contributed by atoms with E-state index >= 15 is 0 Å². The first-order valence-electron chi connectivity index (χ1n) is 10.6. The lowest BCUT2D eigenvalue weighted by atomic mass is 9.84. The number of carbonyl (C=O) groups is 3. The van der Waals surface area contributed by atoms with E-state index in [0.29, 0.717) is 49.7 Å². The van der Waals surface area contributed by atoms with Gasteiger partial charge in [-0.15, -0.1) is 0 Å². The van der Waals surface area contributed by atoms with Crippen LogP contribution in [0.5, 0.6) is 11.5 Å². The molecule has 0 unspecified atom stereocenters. The van der Waals surface area contributed by atoms with Crippen LogP contribution in [0.1, 0.15) is 12.0 Å². The topological polar surface area (TPSA) is 111 Å². The number of carbonyl (C=O) groups excluding carboxylic acids is 3. The molecule has 2 fully saturated rings. The van der Waals surface area contributed by atoms with E-state index in [9.17, 15) is 14.4 Å². The summed E-state index contributed by atoms with van der Waals surface area (Å²) in [4.78, 5) is 42.1. The third kappa shape index (κ3) is 4.22. The molecule has 168 valence electrons. The van der Waals surface area contributed by atoms with Gasteiger partial charge in [-0.2, -0.15) is 0 Å². The SMILES string of the molecule is O=C1NC(=O)C(c2ccc(Oc3ccccc3)cc2)(N2CCN(CCCO)CC2)C(=O)N1. The Morgan fingerprint density at radius 1 is 0.844 bits per heavy atom. The van der Waals surface area contributed by atoms with E-state index in [4.69, 9.17) is 9.84 Å². The lowest BCUT2D eigenvalue weighted by Crippen LogP contribution is -2.72. The average Bonchev–Trinajstić information content (AvgIpc) is 2.80. The zero-order valence-electron chi connectivity index (χ0n) is 17.6. The summed E-state index contributed by atoms with van der Waals surface area (Å²) in [5, 5.41) is 13.6. The van der Waals surface area contributed by atoms with Gasteiger partial charge in [-0.25, -0.2) is 4.79 Å². The fourth-order valence-corrected chi connectivity index (χ4v) is 4.24. The van der Waals surface area contributed by atoms with E-state index in [0.717, 1.165) is 6.54 Å². The minimum atomic E-state index is -1.65. The standard InChI is InChI=1S/C23H26N4O5/c28-16-4-11-26-12-14-27(15-13-26)23(20(29)24-22(31)25-21(23)30)17-7-9-19(10-8-17)32-18-5-2-1-3-6-18/h1-3,5-10,28H,4,11-16H2,(H2,24,25,29,30,31). The van der Waals surface area contributed by atoms with Crippen molar-refractivity contribution in [1.29, 1.82) is 0 Å². The molecule has 32 heavy (non-hydrogen) atoms. The lowest BCUT2D eigenvalue weighted by molar-refractivity contribution is -0.150. The number of nitrogens with one attached hydrogen (secondary N) is 2. The van der Waals surface area contributed by atoms with Gasteiger partial charge in [-0.05, 0) is 36.2 Å². The number of aliphatic hydroxyl groups is 1. The highest BCUT2D eigenvalue weighted by atomic mass is 16.5. The van der Waals surface area contributed by atoms with E-state index in [-0.39, 0.29) is 6.61 Å². The van der Waals surface area contributed by atoms with Crippen LogP contribution < -0.4 is 15.4 Å². The molecule has 0 bridgehead atoms. The minimum Gasteiger partial charge on any atom is -0.457 e. The molecule has 9 heteroatoms. The molecular weight excluding hydrogens is 412 g/mol. The molecule has 0 spiro atoms. The van der Waals surface area contributed by atoms with Crippen LogP contribution in [0, 0.1) is 0 Å². The first-order chi connectivity index (χ1) is 15.5. The van der Waals surface area contributed by atoms with Gasteiger partial charge in [0.05, 0.1) is 0 Å². The average molecular weight is 438 g/mol. The van der Waals surface area contributed by atoms with Crippen LogP contribution in [0.4, 0.5) is 4.79 Å². The minimum absolute atomic E-state index is 0.120. The smallest absolute Gasteiger partial charge is 0.328 e. The van der Waals surface area contributed by atoms with E-state index < -0.39 is 23.4 Å². The Labute approximate surface area is 186 Å². The van der Waals surface area contributed by atoms with Crippen molar-refractivity contribution in [3.05, 3.63) is 60.2 Å². The van der Waals surface area contributed by atoms with E-state index in [1.165, 1.54) is 0 Å². The number of rotatable bonds is 7. The number of amides is 4. The maximum atomic E-state index is 13.2. The van der Waals surface area contributed by atoms with E-state index in [1.54, 1.807) is 24.3 Å². The quantitative estimate of drug-likeness (QED) is 0.554. The number of barbiturate groups is 1. The van der Waals surface area contributed by atoms with Crippen molar-refractivity contribution in [3.8, 4) is 11.5 Å². The molecule has 4 amide bonds. The Kier molecular flexibility index (Phi) is 6.50. The van der Waals surface area contributed by atoms with Crippen LogP contribution in [-0.4, -0.2) is 72.1 Å². The van der Waals surface area contributed by atoms with Gasteiger partial charge in [0.2, 0.25) is 5.54 Å². The second-order valence-corrected chi connectivity index (χ2v) is 7.79. The summed E-state index contributed by atoms with van der Waals surface area (Å²) in [6.07, 6.45) is 0.670. The van der Waals surface area contributed by atoms with Gasteiger partial charge in [-0.1, -0.05) is 30.3 Å². The summed E-state index contributed by atoms with van der Waals surface area (Å²) in [7, 11) is 0. The summed E-state index contributed by atoms with van der Waals surface area (Å²) < 4.78 is 5.83. The van der Waals surface area contributed by atoms with Crippen molar-refractivity contribution in [3.63, 3.8) is 0 Å². The number of urea groups is 1. The Morgan fingerprint density at radius 2 is 1.44 bits per heavy atom. The number of imide groups is 2. The fourth-order valence-electron chi connectivity index (χ4n) is 4.24. The van der Waals surface area contributed by atoms with Crippen molar-refractivity contribution < 1.29 is 24.2 Å². The van der Waals surface area contributed by atoms with Gasteiger partial charge >= 0.3 is 6.03 Å². The van der Waals surface area contributed by atoms with Crippen LogP contribution in [-0.2, 0) is 15.1 Å². The van der Waals surface area contributed by atoms with Crippen molar-refractivity contribution in [2.45, 2.75) is 12.0 Å². The number of hydrogen-bond donors (Lipinski definition) is 3. The highest BCUT2D eigenvalue weighted by Gasteiger charge is 2.56. The Bertz CT molecular complexity index is 952. The molecule has 2 saturated heterocycles. The first kappa shape index (κ1) is 21.9. The predicted molar refractivity (Wildman–Crippen MR) is 116 cm³/mol. The second-order valence-electron chi connectivity index (χ2n) is 7.79. The molecule has 0 aromatic heterocycles. The molecule has 0 saturated carbocycles. The Hall–Kier alpha value is -3.27. The molecule has 0 radical (unpaired) electrons. The predicted octanol–water partition coefficient (Wildman–Crippen LogP) is 1.04. The molecular formula is C23H26N4O5. The van der Waals surface area contributed by atoms with Gasteiger partial charge < -0.3 is 14.7 Å². The van der Waals surface area contributed by atoms with Crippen LogP contribution in [0.25, 0.3) is 0 Å². The van der Waals surface area contributed by atoms with Crippen molar-refractivity contribution in [1.82, 2.24) is 20.4 Å². The molecule has 2 heterocycles. The van der Waals surface area contributed by atoms with E-state index in [2.05, 4.69) is 15.5 Å². The summed E-state index contributed by atoms with van der Waals surface area (Å²) in [5.41, 5.74) is -1.19. The fraction of sp³-hybridized carbons (Fsp3) is 0.348. The van der Waals surface area contributed by atoms with Crippen molar-refractivity contribution >= 4 is 17.8 Å². The van der Waals surface area contributed by atoms with Crippen LogP contribution >= 0.6 is 0 Å². The number of para-hydroxylation sites is 1. The number of benzene rings is 2. The van der Waals surface area contributed by atoms with Crippen LogP contribution in [0.2, 0.25) is 0 Å². The van der Waals surface area contributed by atoms with E-state index in [1.807, 2.05) is 35.2 Å². The van der Waals surface area contributed by atoms with Gasteiger partial charge in [0.1, 0.15) is 11.5 Å². The molecule has 4 rings (SSSR count). The number of nitrogens with zero attached hydrogens (tertiary/aromatic N) is 2. The summed E-state index contributed by atoms with van der Waals surface area (Å²) in [5.74, 6) is -0.0806. The molecule has 0 atom stereocenters. The molecule has 2 aromatic rings.